The molecule has 0 radical (unpaired) electrons. The largest absolute Gasteiger partial charge is 0.379 e. The van der Waals surface area contributed by atoms with Gasteiger partial charge in [0.2, 0.25) is 5.91 Å². The smallest absolute Gasteiger partial charge is 0.224 e. The molecule has 1 N–H and O–H groups in total. The molecule has 1 aromatic heterocycles. The van der Waals surface area contributed by atoms with E-state index in [0.717, 1.165) is 26.3 Å². The molecule has 1 fully saturated rings. The van der Waals surface area contributed by atoms with Crippen molar-refractivity contribution in [1.82, 2.24) is 10.2 Å². The highest BCUT2D eigenvalue weighted by atomic mass is 35.5. The Morgan fingerprint density at radius 1 is 1.20 bits per heavy atom. The van der Waals surface area contributed by atoms with Crippen LogP contribution in [0, 0.1) is 0 Å². The van der Waals surface area contributed by atoms with Crippen LogP contribution >= 0.6 is 34.5 Å². The SMILES string of the molecule is O=C(Cc1c(Cl)cccc1Cl)NC[C@@H](c1cccs1)N1CCOCC1. The van der Waals surface area contributed by atoms with Crippen molar-refractivity contribution in [1.29, 1.82) is 0 Å². The number of nitrogens with one attached hydrogen (secondary N) is 1. The number of amides is 1. The van der Waals surface area contributed by atoms with E-state index in [-0.39, 0.29) is 18.4 Å². The number of hydrogen-bond acceptors (Lipinski definition) is 4. The van der Waals surface area contributed by atoms with E-state index in [0.29, 0.717) is 22.2 Å². The van der Waals surface area contributed by atoms with Crippen molar-refractivity contribution in [3.8, 4) is 0 Å². The molecule has 0 saturated carbocycles. The van der Waals surface area contributed by atoms with Crippen LogP contribution in [0.1, 0.15) is 16.5 Å². The molecule has 0 spiro atoms. The first-order valence-corrected chi connectivity index (χ1v) is 9.83. The topological polar surface area (TPSA) is 41.6 Å². The number of morpholine rings is 1. The number of thiophene rings is 1. The maximum Gasteiger partial charge on any atom is 0.224 e. The minimum Gasteiger partial charge on any atom is -0.379 e. The number of carbonyl (C=O) groups is 1. The molecule has 2 aromatic rings. The third-order valence-corrected chi connectivity index (χ3v) is 5.93. The molecule has 2 heterocycles. The predicted molar refractivity (Wildman–Crippen MR) is 103 cm³/mol. The molecule has 1 amide bonds. The lowest BCUT2D eigenvalue weighted by Gasteiger charge is -2.34. The number of halogens is 2. The van der Waals surface area contributed by atoms with Gasteiger partial charge in [0.15, 0.2) is 0 Å². The van der Waals surface area contributed by atoms with Crippen molar-refractivity contribution >= 4 is 40.4 Å². The maximum absolute atomic E-state index is 12.4. The molecule has 0 bridgehead atoms. The van der Waals surface area contributed by atoms with E-state index in [2.05, 4.69) is 21.7 Å². The van der Waals surface area contributed by atoms with E-state index in [1.807, 2.05) is 6.07 Å². The van der Waals surface area contributed by atoms with E-state index in [4.69, 9.17) is 27.9 Å². The van der Waals surface area contributed by atoms with Gasteiger partial charge in [-0.05, 0) is 29.1 Å². The van der Waals surface area contributed by atoms with Crippen LogP contribution in [-0.2, 0) is 16.0 Å². The molecular formula is C18H20Cl2N2O2S. The maximum atomic E-state index is 12.4. The molecular weight excluding hydrogens is 379 g/mol. The first-order chi connectivity index (χ1) is 12.1. The fourth-order valence-corrected chi connectivity index (χ4v) is 4.31. The third-order valence-electron chi connectivity index (χ3n) is 4.25. The number of benzene rings is 1. The fraction of sp³-hybridized carbons (Fsp3) is 0.389. The van der Waals surface area contributed by atoms with Gasteiger partial charge in [-0.3, -0.25) is 9.69 Å². The van der Waals surface area contributed by atoms with Gasteiger partial charge in [0.05, 0.1) is 25.7 Å². The highest BCUT2D eigenvalue weighted by Crippen LogP contribution is 2.26. The van der Waals surface area contributed by atoms with Gasteiger partial charge in [0, 0.05) is 34.6 Å². The number of carbonyl (C=O) groups excluding carboxylic acids is 1. The van der Waals surface area contributed by atoms with Crippen LogP contribution in [0.5, 0.6) is 0 Å². The summed E-state index contributed by atoms with van der Waals surface area (Å²) in [4.78, 5) is 16.0. The van der Waals surface area contributed by atoms with Crippen LogP contribution in [-0.4, -0.2) is 43.7 Å². The van der Waals surface area contributed by atoms with E-state index in [1.165, 1.54) is 4.88 Å². The second kappa shape index (κ2) is 9.01. The molecule has 3 rings (SSSR count). The van der Waals surface area contributed by atoms with Gasteiger partial charge in [-0.1, -0.05) is 35.3 Å². The zero-order chi connectivity index (χ0) is 17.6. The minimum atomic E-state index is -0.0789. The highest BCUT2D eigenvalue weighted by Gasteiger charge is 2.24. The van der Waals surface area contributed by atoms with Crippen molar-refractivity contribution in [3.05, 3.63) is 56.2 Å². The van der Waals surface area contributed by atoms with Gasteiger partial charge in [-0.15, -0.1) is 11.3 Å². The Morgan fingerprint density at radius 3 is 2.56 bits per heavy atom. The Hall–Kier alpha value is -1.11. The van der Waals surface area contributed by atoms with Gasteiger partial charge in [-0.25, -0.2) is 0 Å². The number of nitrogens with zero attached hydrogens (tertiary/aromatic N) is 1. The van der Waals surface area contributed by atoms with Crippen LogP contribution in [0.15, 0.2) is 35.7 Å². The first kappa shape index (κ1) is 18.7. The second-order valence-electron chi connectivity index (χ2n) is 5.86. The Labute approximate surface area is 161 Å². The molecule has 0 aliphatic carbocycles. The Morgan fingerprint density at radius 2 is 1.92 bits per heavy atom. The Balaban J connectivity index is 1.63. The van der Waals surface area contributed by atoms with Crippen molar-refractivity contribution in [2.45, 2.75) is 12.5 Å². The highest BCUT2D eigenvalue weighted by molar-refractivity contribution is 7.10. The lowest BCUT2D eigenvalue weighted by Crippen LogP contribution is -2.43. The summed E-state index contributed by atoms with van der Waals surface area (Å²) in [5, 5.41) is 6.14. The van der Waals surface area contributed by atoms with Crippen molar-refractivity contribution < 1.29 is 9.53 Å². The van der Waals surface area contributed by atoms with E-state index in [9.17, 15) is 4.79 Å². The molecule has 25 heavy (non-hydrogen) atoms. The minimum absolute atomic E-state index is 0.0789. The van der Waals surface area contributed by atoms with E-state index >= 15 is 0 Å². The van der Waals surface area contributed by atoms with Crippen LogP contribution in [0.4, 0.5) is 0 Å². The summed E-state index contributed by atoms with van der Waals surface area (Å²) in [6.45, 7) is 3.75. The van der Waals surface area contributed by atoms with Gasteiger partial charge in [0.1, 0.15) is 0 Å². The van der Waals surface area contributed by atoms with Crippen LogP contribution < -0.4 is 5.32 Å². The van der Waals surface area contributed by atoms with Gasteiger partial charge in [-0.2, -0.15) is 0 Å². The van der Waals surface area contributed by atoms with Crippen molar-refractivity contribution in [2.75, 3.05) is 32.8 Å². The lowest BCUT2D eigenvalue weighted by atomic mass is 10.1. The average Bonchev–Trinajstić information content (AvgIpc) is 3.14. The molecule has 7 heteroatoms. The van der Waals surface area contributed by atoms with Crippen LogP contribution in [0.25, 0.3) is 0 Å². The molecule has 134 valence electrons. The number of hydrogen-bond donors (Lipinski definition) is 1. The molecule has 1 aliphatic heterocycles. The zero-order valence-electron chi connectivity index (χ0n) is 13.7. The predicted octanol–water partition coefficient (Wildman–Crippen LogP) is 3.79. The first-order valence-electron chi connectivity index (χ1n) is 8.20. The van der Waals surface area contributed by atoms with Gasteiger partial charge >= 0.3 is 0 Å². The molecule has 4 nitrogen and oxygen atoms in total. The van der Waals surface area contributed by atoms with Crippen molar-refractivity contribution in [2.24, 2.45) is 0 Å². The fourth-order valence-electron chi connectivity index (χ4n) is 2.91. The van der Waals surface area contributed by atoms with Crippen LogP contribution in [0.3, 0.4) is 0 Å². The lowest BCUT2D eigenvalue weighted by molar-refractivity contribution is -0.120. The normalized spacial score (nSPS) is 16.6. The third kappa shape index (κ3) is 4.96. The standard InChI is InChI=1S/C18H20Cl2N2O2S/c19-14-3-1-4-15(20)13(14)11-18(23)21-12-16(17-5-2-10-25-17)22-6-8-24-9-7-22/h1-5,10,16H,6-9,11-12H2,(H,21,23)/t16-/m0/s1. The molecule has 1 aliphatic rings. The van der Waals surface area contributed by atoms with Crippen molar-refractivity contribution in [3.63, 3.8) is 0 Å². The molecule has 0 unspecified atom stereocenters. The average molecular weight is 399 g/mol. The summed E-state index contributed by atoms with van der Waals surface area (Å²) in [5.41, 5.74) is 0.669. The zero-order valence-corrected chi connectivity index (χ0v) is 16.0. The second-order valence-corrected chi connectivity index (χ2v) is 7.65. The number of ether oxygens (including phenoxy) is 1. The monoisotopic (exact) mass is 398 g/mol. The quantitative estimate of drug-likeness (QED) is 0.804. The Bertz CT molecular complexity index is 683. The van der Waals surface area contributed by atoms with Gasteiger partial charge < -0.3 is 10.1 Å². The van der Waals surface area contributed by atoms with Crippen LogP contribution in [0.2, 0.25) is 10.0 Å². The van der Waals surface area contributed by atoms with E-state index < -0.39 is 0 Å². The summed E-state index contributed by atoms with van der Waals surface area (Å²) < 4.78 is 5.44. The molecule has 1 saturated heterocycles. The molecule has 1 aromatic carbocycles. The van der Waals surface area contributed by atoms with E-state index in [1.54, 1.807) is 29.5 Å². The number of rotatable bonds is 6. The Kier molecular flexibility index (Phi) is 6.73. The molecule has 1 atom stereocenters. The summed E-state index contributed by atoms with van der Waals surface area (Å²) >= 11 is 14.0. The summed E-state index contributed by atoms with van der Waals surface area (Å²) in [7, 11) is 0. The van der Waals surface area contributed by atoms with Gasteiger partial charge in [0.25, 0.3) is 0 Å². The summed E-state index contributed by atoms with van der Waals surface area (Å²) in [6.07, 6.45) is 0.179. The summed E-state index contributed by atoms with van der Waals surface area (Å²) in [6, 6.07) is 9.59. The summed E-state index contributed by atoms with van der Waals surface area (Å²) in [5.74, 6) is -0.0789.